The maximum atomic E-state index is 12.8. The summed E-state index contributed by atoms with van der Waals surface area (Å²) in [5.74, 6) is 0.970. The van der Waals surface area contributed by atoms with Gasteiger partial charge >= 0.3 is 5.97 Å². The molecule has 222 valence electrons. The van der Waals surface area contributed by atoms with Crippen LogP contribution in [0.4, 0.5) is 0 Å². The number of benzene rings is 3. The molecule has 0 aromatic heterocycles. The molecule has 0 aliphatic heterocycles. The minimum atomic E-state index is -0.370. The molecule has 0 aliphatic carbocycles. The topological polar surface area (TPSA) is 44.8 Å². The maximum Gasteiger partial charge on any atom is 0.343 e. The van der Waals surface area contributed by atoms with E-state index >= 15 is 0 Å². The summed E-state index contributed by atoms with van der Waals surface area (Å²) in [4.78, 5) is 12.8. The van der Waals surface area contributed by atoms with Crippen molar-refractivity contribution in [2.24, 2.45) is 0 Å². The molecule has 0 amide bonds. The minimum Gasteiger partial charge on any atom is -0.490 e. The Hall–Kier alpha value is -3.11. The summed E-state index contributed by atoms with van der Waals surface area (Å²) in [6.07, 6.45) is 13.5. The molecule has 0 bridgehead atoms. The van der Waals surface area contributed by atoms with Crippen molar-refractivity contribution in [1.29, 1.82) is 0 Å². The predicted molar refractivity (Wildman–Crippen MR) is 170 cm³/mol. The van der Waals surface area contributed by atoms with Crippen LogP contribution in [0, 0.1) is 0 Å². The Morgan fingerprint density at radius 3 is 1.85 bits per heavy atom. The second-order valence-corrected chi connectivity index (χ2v) is 11.0. The van der Waals surface area contributed by atoms with Crippen LogP contribution in [-0.2, 0) is 4.74 Å². The molecule has 4 heteroatoms. The summed E-state index contributed by atoms with van der Waals surface area (Å²) in [5, 5.41) is 0. The quantitative estimate of drug-likeness (QED) is 0.0834. The van der Waals surface area contributed by atoms with E-state index in [1.807, 2.05) is 48.5 Å². The van der Waals surface area contributed by atoms with E-state index in [-0.39, 0.29) is 18.2 Å². The van der Waals surface area contributed by atoms with E-state index < -0.39 is 0 Å². The average Bonchev–Trinajstić information content (AvgIpc) is 3.00. The monoisotopic (exact) mass is 558 g/mol. The van der Waals surface area contributed by atoms with Crippen molar-refractivity contribution < 1.29 is 19.0 Å². The number of carbonyl (C=O) groups is 1. The van der Waals surface area contributed by atoms with E-state index in [1.165, 1.54) is 44.1 Å². The van der Waals surface area contributed by atoms with Gasteiger partial charge in [0.1, 0.15) is 11.5 Å². The van der Waals surface area contributed by atoms with Crippen LogP contribution in [0.15, 0.2) is 72.8 Å². The van der Waals surface area contributed by atoms with E-state index in [0.717, 1.165) is 55.6 Å². The molecule has 0 N–H and O–H groups in total. The fraction of sp³-hybridized carbons (Fsp3) is 0.486. The fourth-order valence-corrected chi connectivity index (χ4v) is 4.93. The lowest BCUT2D eigenvalue weighted by atomic mass is 10.0. The van der Waals surface area contributed by atoms with E-state index in [1.54, 1.807) is 0 Å². The van der Waals surface area contributed by atoms with E-state index in [4.69, 9.17) is 14.2 Å². The molecule has 0 aliphatic rings. The highest BCUT2D eigenvalue weighted by molar-refractivity contribution is 5.91. The Morgan fingerprint density at radius 1 is 0.634 bits per heavy atom. The molecule has 0 spiro atoms. The molecule has 41 heavy (non-hydrogen) atoms. The highest BCUT2D eigenvalue weighted by atomic mass is 16.5. The zero-order valence-corrected chi connectivity index (χ0v) is 25.7. The van der Waals surface area contributed by atoms with Crippen LogP contribution in [-0.4, -0.2) is 18.7 Å². The summed E-state index contributed by atoms with van der Waals surface area (Å²) in [5.41, 5.74) is 3.84. The van der Waals surface area contributed by atoms with Gasteiger partial charge in [-0.2, -0.15) is 0 Å². The van der Waals surface area contributed by atoms with Crippen molar-refractivity contribution in [1.82, 2.24) is 0 Å². The van der Waals surface area contributed by atoms with Crippen LogP contribution < -0.4 is 9.47 Å². The minimum absolute atomic E-state index is 0.0799. The van der Waals surface area contributed by atoms with Gasteiger partial charge in [0.2, 0.25) is 0 Å². The van der Waals surface area contributed by atoms with Gasteiger partial charge in [-0.25, -0.2) is 4.79 Å². The Bertz CT molecular complexity index is 1120. The average molecular weight is 559 g/mol. The molecule has 3 aromatic carbocycles. The molecular formula is C37H50O4. The van der Waals surface area contributed by atoms with E-state index in [9.17, 15) is 4.79 Å². The van der Waals surface area contributed by atoms with Gasteiger partial charge in [0.05, 0.1) is 17.8 Å². The van der Waals surface area contributed by atoms with Crippen LogP contribution >= 0.6 is 0 Å². The summed E-state index contributed by atoms with van der Waals surface area (Å²) in [6, 6.07) is 23.4. The lowest BCUT2D eigenvalue weighted by Crippen LogP contribution is -2.16. The summed E-state index contributed by atoms with van der Waals surface area (Å²) < 4.78 is 17.8. The van der Waals surface area contributed by atoms with Crippen molar-refractivity contribution in [2.45, 2.75) is 111 Å². The van der Waals surface area contributed by atoms with Gasteiger partial charge in [-0.15, -0.1) is 0 Å². The summed E-state index contributed by atoms with van der Waals surface area (Å²) >= 11 is 0. The summed E-state index contributed by atoms with van der Waals surface area (Å²) in [6.45, 7) is 9.50. The van der Waals surface area contributed by atoms with Gasteiger partial charge in [0.25, 0.3) is 0 Å². The zero-order chi connectivity index (χ0) is 29.3. The van der Waals surface area contributed by atoms with Crippen molar-refractivity contribution >= 4 is 5.97 Å². The second-order valence-electron chi connectivity index (χ2n) is 11.0. The number of esters is 1. The second kappa shape index (κ2) is 18.3. The molecule has 2 unspecified atom stereocenters. The highest BCUT2D eigenvalue weighted by Crippen LogP contribution is 2.26. The Morgan fingerprint density at radius 2 is 1.22 bits per heavy atom. The third kappa shape index (κ3) is 11.4. The fourth-order valence-electron chi connectivity index (χ4n) is 4.93. The molecule has 0 radical (unpaired) electrons. The van der Waals surface area contributed by atoms with Crippen molar-refractivity contribution in [3.63, 3.8) is 0 Å². The Kier molecular flexibility index (Phi) is 14.5. The van der Waals surface area contributed by atoms with Gasteiger partial charge < -0.3 is 14.2 Å². The SMILES string of the molecule is CCCCCCCCC(CCC)Oc1ccc(OC(=O)c2ccc(-c3ccc(C(C)OCCCC)cc3)cc2)cc1. The molecule has 3 rings (SSSR count). The molecule has 0 heterocycles. The zero-order valence-electron chi connectivity index (χ0n) is 25.7. The lowest BCUT2D eigenvalue weighted by molar-refractivity contribution is 0.0637. The number of ether oxygens (including phenoxy) is 3. The van der Waals surface area contributed by atoms with E-state index in [0.29, 0.717) is 11.3 Å². The first kappa shape index (κ1) is 32.4. The van der Waals surface area contributed by atoms with E-state index in [2.05, 4.69) is 52.0 Å². The van der Waals surface area contributed by atoms with Crippen LogP contribution in [0.2, 0.25) is 0 Å². The molecule has 4 nitrogen and oxygen atoms in total. The van der Waals surface area contributed by atoms with Gasteiger partial charge in [0, 0.05) is 6.61 Å². The third-order valence-electron chi connectivity index (χ3n) is 7.53. The van der Waals surface area contributed by atoms with Gasteiger partial charge in [-0.1, -0.05) is 102 Å². The molecule has 0 saturated carbocycles. The Balaban J connectivity index is 1.49. The van der Waals surface area contributed by atoms with Crippen LogP contribution in [0.5, 0.6) is 11.5 Å². The molecule has 0 fully saturated rings. The van der Waals surface area contributed by atoms with Gasteiger partial charge in [0.15, 0.2) is 0 Å². The molecular weight excluding hydrogens is 508 g/mol. The normalized spacial score (nSPS) is 12.6. The molecule has 0 saturated heterocycles. The predicted octanol–water partition coefficient (Wildman–Crippen LogP) is 10.7. The van der Waals surface area contributed by atoms with Crippen molar-refractivity contribution in [3.05, 3.63) is 83.9 Å². The first-order chi connectivity index (χ1) is 20.0. The number of hydrogen-bond donors (Lipinski definition) is 0. The van der Waals surface area contributed by atoms with Gasteiger partial charge in [-0.05, 0) is 85.7 Å². The van der Waals surface area contributed by atoms with Crippen LogP contribution in [0.1, 0.15) is 120 Å². The first-order valence-electron chi connectivity index (χ1n) is 15.8. The van der Waals surface area contributed by atoms with Crippen LogP contribution in [0.3, 0.4) is 0 Å². The van der Waals surface area contributed by atoms with Crippen molar-refractivity contribution in [3.8, 4) is 22.6 Å². The molecule has 2 atom stereocenters. The molecule has 3 aromatic rings. The third-order valence-corrected chi connectivity index (χ3v) is 7.53. The maximum absolute atomic E-state index is 12.8. The summed E-state index contributed by atoms with van der Waals surface area (Å²) in [7, 11) is 0. The first-order valence-corrected chi connectivity index (χ1v) is 15.8. The Labute approximate surface area is 248 Å². The smallest absolute Gasteiger partial charge is 0.343 e. The highest BCUT2D eigenvalue weighted by Gasteiger charge is 2.12. The number of rotatable bonds is 19. The van der Waals surface area contributed by atoms with Gasteiger partial charge in [-0.3, -0.25) is 0 Å². The standard InChI is InChI=1S/C37H50O4/c1-5-8-10-11-12-13-15-34(14-7-3)40-35-24-26-36(27-25-35)41-37(38)33-22-20-32(21-23-33)31-18-16-30(17-19-31)29(4)39-28-9-6-2/h16-27,29,34H,5-15,28H2,1-4H3. The van der Waals surface area contributed by atoms with Crippen LogP contribution in [0.25, 0.3) is 11.1 Å². The number of hydrogen-bond acceptors (Lipinski definition) is 4. The number of unbranched alkanes of at least 4 members (excludes halogenated alkanes) is 6. The largest absolute Gasteiger partial charge is 0.490 e. The van der Waals surface area contributed by atoms with Crippen molar-refractivity contribution in [2.75, 3.05) is 6.61 Å². The lowest BCUT2D eigenvalue weighted by Gasteiger charge is -2.19. The number of carbonyl (C=O) groups excluding carboxylic acids is 1.